The van der Waals surface area contributed by atoms with Crippen molar-refractivity contribution in [2.24, 2.45) is 0 Å². The lowest BCUT2D eigenvalue weighted by Gasteiger charge is -2.25. The van der Waals surface area contributed by atoms with Crippen molar-refractivity contribution >= 4 is 17.9 Å². The van der Waals surface area contributed by atoms with Gasteiger partial charge >= 0.3 is 17.9 Å². The molecular weight excluding hydrogens is 1010 g/mol. The summed E-state index contributed by atoms with van der Waals surface area (Å²) in [5, 5.41) is 9.74. The molecule has 0 saturated carbocycles. The molecule has 2 unspecified atom stereocenters. The number of rotatable bonds is 65. The standard InChI is InChI=1S/C72H133NO8/c1-6-8-10-12-14-16-18-20-22-24-26-28-30-32-33-34-35-36-37-39-41-43-45-47-49-51-53-55-57-59-61-63-70(75)81-68(67-80-72(71(76)77)78-65-64-73(3,4)5)66-79-69(74)62-60-58-56-54-52-50-48-46-44-42-40-38-31-29-27-25-23-21-19-17-15-13-11-9-7-2/h18,20,24-27,30,32,68,72H,6-17,19,21-23,28-29,31,33-67H2,1-5H3/p+1/b20-18-,26-24-,27-25-,32-30-. The van der Waals surface area contributed by atoms with Gasteiger partial charge in [0.2, 0.25) is 0 Å². The predicted molar refractivity (Wildman–Crippen MR) is 346 cm³/mol. The van der Waals surface area contributed by atoms with E-state index < -0.39 is 18.4 Å². The number of quaternary nitrogens is 1. The van der Waals surface area contributed by atoms with Crippen LogP contribution in [0.15, 0.2) is 48.6 Å². The summed E-state index contributed by atoms with van der Waals surface area (Å²) in [7, 11) is 5.99. The van der Waals surface area contributed by atoms with E-state index in [1.165, 1.54) is 257 Å². The molecule has 1 N–H and O–H groups in total. The summed E-state index contributed by atoms with van der Waals surface area (Å²) >= 11 is 0. The molecule has 0 aromatic heterocycles. The smallest absolute Gasteiger partial charge is 0.361 e. The Hall–Kier alpha value is -2.75. The van der Waals surface area contributed by atoms with E-state index in [-0.39, 0.29) is 38.2 Å². The van der Waals surface area contributed by atoms with Crippen LogP contribution >= 0.6 is 0 Å². The number of carboxylic acids is 1. The molecule has 0 rings (SSSR count). The first-order chi connectivity index (χ1) is 39.6. The number of carbonyl (C=O) groups is 3. The van der Waals surface area contributed by atoms with Crippen LogP contribution in [0.3, 0.4) is 0 Å². The van der Waals surface area contributed by atoms with Crippen molar-refractivity contribution in [1.29, 1.82) is 0 Å². The summed E-state index contributed by atoms with van der Waals surface area (Å²) < 4.78 is 23.0. The van der Waals surface area contributed by atoms with Gasteiger partial charge in [-0.15, -0.1) is 0 Å². The lowest BCUT2D eigenvalue weighted by molar-refractivity contribution is -0.870. The van der Waals surface area contributed by atoms with Gasteiger partial charge in [-0.1, -0.05) is 294 Å². The summed E-state index contributed by atoms with van der Waals surface area (Å²) in [6.07, 6.45) is 77.9. The van der Waals surface area contributed by atoms with Crippen molar-refractivity contribution in [2.45, 2.75) is 347 Å². The average molecular weight is 1140 g/mol. The zero-order valence-electron chi connectivity index (χ0n) is 54.2. The molecule has 0 aliphatic carbocycles. The highest BCUT2D eigenvalue weighted by atomic mass is 16.7. The van der Waals surface area contributed by atoms with Crippen LogP contribution in [-0.2, 0) is 33.3 Å². The van der Waals surface area contributed by atoms with Gasteiger partial charge in [-0.2, -0.15) is 0 Å². The number of nitrogens with zero attached hydrogens (tertiary/aromatic N) is 1. The van der Waals surface area contributed by atoms with E-state index in [4.69, 9.17) is 18.9 Å². The van der Waals surface area contributed by atoms with E-state index in [1.54, 1.807) is 0 Å². The van der Waals surface area contributed by atoms with Gasteiger partial charge in [0.25, 0.3) is 6.29 Å². The van der Waals surface area contributed by atoms with Gasteiger partial charge < -0.3 is 28.5 Å². The Morgan fingerprint density at radius 1 is 0.370 bits per heavy atom. The van der Waals surface area contributed by atoms with Crippen LogP contribution in [0.5, 0.6) is 0 Å². The van der Waals surface area contributed by atoms with Crippen molar-refractivity contribution in [3.05, 3.63) is 48.6 Å². The highest BCUT2D eigenvalue weighted by molar-refractivity contribution is 5.71. The Labute approximate surface area is 502 Å². The Bertz CT molecular complexity index is 1470. The lowest BCUT2D eigenvalue weighted by atomic mass is 10.0. The lowest BCUT2D eigenvalue weighted by Crippen LogP contribution is -2.40. The quantitative estimate of drug-likeness (QED) is 0.0211. The first kappa shape index (κ1) is 78.2. The third-order valence-corrected chi connectivity index (χ3v) is 15.6. The number of carbonyl (C=O) groups excluding carboxylic acids is 2. The fraction of sp³-hybridized carbons (Fsp3) is 0.847. The van der Waals surface area contributed by atoms with Crippen LogP contribution < -0.4 is 0 Å². The summed E-state index contributed by atoms with van der Waals surface area (Å²) in [4.78, 5) is 37.6. The number of hydrogen-bond acceptors (Lipinski definition) is 7. The van der Waals surface area contributed by atoms with E-state index in [2.05, 4.69) is 62.5 Å². The van der Waals surface area contributed by atoms with E-state index in [0.717, 1.165) is 51.4 Å². The van der Waals surface area contributed by atoms with Gasteiger partial charge in [0.1, 0.15) is 13.2 Å². The SMILES string of the molecule is CCCCCCC/C=C\C/C=C\C/C=C\CCCCCCCCCCCCCCCCCCC(=O)OC(COC(=O)CCCCCCCCCCCCCCC/C=C\CCCCCCCCCC)COC(OCC[N+](C)(C)C)C(=O)O. The Balaban J connectivity index is 4.10. The number of ether oxygens (including phenoxy) is 4. The average Bonchev–Trinajstić information content (AvgIpc) is 3.44. The van der Waals surface area contributed by atoms with Crippen LogP contribution in [0.1, 0.15) is 335 Å². The predicted octanol–water partition coefficient (Wildman–Crippen LogP) is 21.4. The topological polar surface area (TPSA) is 108 Å². The molecule has 0 fully saturated rings. The molecule has 2 atom stereocenters. The zero-order valence-corrected chi connectivity index (χ0v) is 54.2. The van der Waals surface area contributed by atoms with Crippen molar-refractivity contribution in [3.8, 4) is 0 Å². The molecule has 0 radical (unpaired) electrons. The van der Waals surface area contributed by atoms with Gasteiger partial charge in [0, 0.05) is 12.8 Å². The van der Waals surface area contributed by atoms with Gasteiger partial charge in [0.15, 0.2) is 6.10 Å². The minimum atomic E-state index is -1.51. The summed E-state index contributed by atoms with van der Waals surface area (Å²) in [5.74, 6) is -1.98. The molecule has 0 amide bonds. The molecule has 9 heteroatoms. The normalized spacial score (nSPS) is 13.0. The van der Waals surface area contributed by atoms with E-state index in [9.17, 15) is 19.5 Å². The molecule has 0 aliphatic heterocycles. The minimum Gasteiger partial charge on any atom is -0.477 e. The van der Waals surface area contributed by atoms with Crippen molar-refractivity contribution in [3.63, 3.8) is 0 Å². The molecule has 0 aromatic carbocycles. The second-order valence-electron chi connectivity index (χ2n) is 24.8. The first-order valence-corrected chi connectivity index (χ1v) is 34.8. The fourth-order valence-corrected chi connectivity index (χ4v) is 10.2. The number of unbranched alkanes of at least 4 members (excludes halogenated alkanes) is 42. The number of aliphatic carboxylic acids is 1. The van der Waals surface area contributed by atoms with Gasteiger partial charge in [0.05, 0.1) is 34.4 Å². The van der Waals surface area contributed by atoms with Crippen molar-refractivity contribution < 1.29 is 42.9 Å². The van der Waals surface area contributed by atoms with E-state index in [1.807, 2.05) is 21.1 Å². The van der Waals surface area contributed by atoms with Gasteiger partial charge in [-0.3, -0.25) is 9.59 Å². The molecule has 0 bridgehead atoms. The number of likely N-dealkylation sites (N-methyl/N-ethyl adjacent to an activating group) is 1. The fourth-order valence-electron chi connectivity index (χ4n) is 10.2. The zero-order chi connectivity index (χ0) is 59.1. The van der Waals surface area contributed by atoms with Crippen LogP contribution in [0.4, 0.5) is 0 Å². The Morgan fingerprint density at radius 3 is 1.00 bits per heavy atom. The highest BCUT2D eigenvalue weighted by Gasteiger charge is 2.25. The van der Waals surface area contributed by atoms with Gasteiger partial charge in [-0.05, 0) is 77.0 Å². The molecule has 0 saturated heterocycles. The molecule has 474 valence electrons. The number of esters is 2. The molecule has 0 heterocycles. The van der Waals surface area contributed by atoms with E-state index >= 15 is 0 Å². The number of hydrogen-bond donors (Lipinski definition) is 1. The second-order valence-corrected chi connectivity index (χ2v) is 24.8. The Morgan fingerprint density at radius 2 is 0.667 bits per heavy atom. The third kappa shape index (κ3) is 64.7. The summed E-state index contributed by atoms with van der Waals surface area (Å²) in [6, 6.07) is 0. The highest BCUT2D eigenvalue weighted by Crippen LogP contribution is 2.18. The third-order valence-electron chi connectivity index (χ3n) is 15.6. The molecule has 0 spiro atoms. The van der Waals surface area contributed by atoms with Crippen LogP contribution in [-0.4, -0.2) is 87.4 Å². The monoisotopic (exact) mass is 1140 g/mol. The van der Waals surface area contributed by atoms with Crippen molar-refractivity contribution in [2.75, 3.05) is 47.5 Å². The van der Waals surface area contributed by atoms with Crippen molar-refractivity contribution in [1.82, 2.24) is 0 Å². The van der Waals surface area contributed by atoms with Gasteiger partial charge in [-0.25, -0.2) is 4.79 Å². The molecule has 0 aromatic rings. The summed E-state index contributed by atoms with van der Waals surface area (Å²) in [6.45, 7) is 4.92. The molecule has 0 aliphatic rings. The maximum absolute atomic E-state index is 12.9. The Kier molecular flexibility index (Phi) is 61.1. The van der Waals surface area contributed by atoms with Crippen LogP contribution in [0, 0.1) is 0 Å². The number of carboxylic acid groups (broad SMARTS) is 1. The number of allylic oxidation sites excluding steroid dienone is 8. The molecule has 9 nitrogen and oxygen atoms in total. The van der Waals surface area contributed by atoms with E-state index in [0.29, 0.717) is 17.4 Å². The first-order valence-electron chi connectivity index (χ1n) is 34.8. The maximum atomic E-state index is 12.9. The minimum absolute atomic E-state index is 0.179. The molecule has 81 heavy (non-hydrogen) atoms. The van der Waals surface area contributed by atoms with Crippen LogP contribution in [0.2, 0.25) is 0 Å². The van der Waals surface area contributed by atoms with Crippen LogP contribution in [0.25, 0.3) is 0 Å². The molecular formula is C72H134NO8+. The summed E-state index contributed by atoms with van der Waals surface area (Å²) in [5.41, 5.74) is 0. The largest absolute Gasteiger partial charge is 0.477 e. The second kappa shape index (κ2) is 63.3. The maximum Gasteiger partial charge on any atom is 0.361 e.